The van der Waals surface area contributed by atoms with Gasteiger partial charge in [-0.1, -0.05) is 0 Å². The maximum absolute atomic E-state index is 11.7. The van der Waals surface area contributed by atoms with Gasteiger partial charge in [-0.3, -0.25) is 9.78 Å². The van der Waals surface area contributed by atoms with Gasteiger partial charge in [-0.2, -0.15) is 0 Å². The molecule has 0 aromatic carbocycles. The molecule has 6 heteroatoms. The van der Waals surface area contributed by atoms with Crippen LogP contribution in [0.15, 0.2) is 17.1 Å². The molecule has 0 bridgehead atoms. The Kier molecular flexibility index (Phi) is 3.92. The maximum Gasteiger partial charge on any atom is 0.251 e. The normalized spacial score (nSPS) is 18.5. The van der Waals surface area contributed by atoms with Gasteiger partial charge >= 0.3 is 0 Å². The number of H-pyrrole nitrogens is 1. The standard InChI is InChI=1S/C16H21N5O/c1-10-8-17-11(2)16(18-10)21-6-4-5-13(9-21)14-7-15(22)20-12(3)19-14/h7-8,13H,4-6,9H2,1-3H3,(H,19,20,22)/t13-/m1/s1. The van der Waals surface area contributed by atoms with E-state index in [0.29, 0.717) is 5.82 Å². The molecule has 0 spiro atoms. The first-order valence-corrected chi connectivity index (χ1v) is 7.66. The van der Waals surface area contributed by atoms with Gasteiger partial charge in [0.25, 0.3) is 5.56 Å². The lowest BCUT2D eigenvalue weighted by Crippen LogP contribution is -2.36. The molecule has 0 saturated carbocycles. The zero-order chi connectivity index (χ0) is 15.7. The summed E-state index contributed by atoms with van der Waals surface area (Å²) in [5.41, 5.74) is 2.67. The highest BCUT2D eigenvalue weighted by atomic mass is 16.1. The van der Waals surface area contributed by atoms with E-state index in [-0.39, 0.29) is 11.5 Å². The molecule has 1 saturated heterocycles. The lowest BCUT2D eigenvalue weighted by molar-refractivity contribution is 0.495. The summed E-state index contributed by atoms with van der Waals surface area (Å²) in [4.78, 5) is 30.2. The average molecular weight is 299 g/mol. The van der Waals surface area contributed by atoms with Crippen LogP contribution in [0.25, 0.3) is 0 Å². The minimum absolute atomic E-state index is 0.0776. The third kappa shape index (κ3) is 3.00. The topological polar surface area (TPSA) is 74.8 Å². The molecular weight excluding hydrogens is 278 g/mol. The van der Waals surface area contributed by atoms with Crippen LogP contribution in [0.2, 0.25) is 0 Å². The molecule has 0 unspecified atom stereocenters. The molecule has 22 heavy (non-hydrogen) atoms. The van der Waals surface area contributed by atoms with Gasteiger partial charge in [0.15, 0.2) is 0 Å². The molecule has 0 aliphatic carbocycles. The van der Waals surface area contributed by atoms with Crippen LogP contribution in [-0.4, -0.2) is 33.0 Å². The van der Waals surface area contributed by atoms with Crippen molar-refractivity contribution in [2.24, 2.45) is 0 Å². The van der Waals surface area contributed by atoms with Crippen LogP contribution in [-0.2, 0) is 0 Å². The van der Waals surface area contributed by atoms with Gasteiger partial charge < -0.3 is 9.88 Å². The molecule has 1 aliphatic rings. The number of aromatic nitrogens is 4. The summed E-state index contributed by atoms with van der Waals surface area (Å²) >= 11 is 0. The predicted octanol–water partition coefficient (Wildman–Crippen LogP) is 1.87. The van der Waals surface area contributed by atoms with Crippen molar-refractivity contribution in [2.75, 3.05) is 18.0 Å². The van der Waals surface area contributed by atoms with Crippen molar-refractivity contribution in [3.63, 3.8) is 0 Å². The molecule has 1 N–H and O–H groups in total. The number of aromatic amines is 1. The van der Waals surface area contributed by atoms with Crippen LogP contribution >= 0.6 is 0 Å². The third-order valence-electron chi connectivity index (χ3n) is 4.07. The van der Waals surface area contributed by atoms with Crippen LogP contribution in [0.1, 0.15) is 41.7 Å². The Balaban J connectivity index is 1.88. The van der Waals surface area contributed by atoms with Gasteiger partial charge in [0, 0.05) is 31.3 Å². The van der Waals surface area contributed by atoms with Crippen molar-refractivity contribution in [1.82, 2.24) is 19.9 Å². The monoisotopic (exact) mass is 299 g/mol. The number of nitrogens with one attached hydrogen (secondary N) is 1. The minimum atomic E-state index is -0.0776. The number of aryl methyl sites for hydroxylation is 3. The molecule has 6 nitrogen and oxygen atoms in total. The fraction of sp³-hybridized carbons (Fsp3) is 0.500. The van der Waals surface area contributed by atoms with Crippen molar-refractivity contribution in [1.29, 1.82) is 0 Å². The summed E-state index contributed by atoms with van der Waals surface area (Å²) in [6.45, 7) is 7.56. The highest BCUT2D eigenvalue weighted by molar-refractivity contribution is 5.44. The second kappa shape index (κ2) is 5.87. The number of piperidine rings is 1. The van der Waals surface area contributed by atoms with E-state index in [2.05, 4.69) is 24.8 Å². The number of nitrogens with zero attached hydrogens (tertiary/aromatic N) is 4. The fourth-order valence-electron chi connectivity index (χ4n) is 3.05. The molecule has 0 radical (unpaired) electrons. The van der Waals surface area contributed by atoms with E-state index in [1.807, 2.05) is 20.8 Å². The first kappa shape index (κ1) is 14.7. The molecule has 116 valence electrons. The smallest absolute Gasteiger partial charge is 0.251 e. The second-order valence-electron chi connectivity index (χ2n) is 5.96. The zero-order valence-corrected chi connectivity index (χ0v) is 13.3. The van der Waals surface area contributed by atoms with Crippen molar-refractivity contribution in [3.05, 3.63) is 45.5 Å². The lowest BCUT2D eigenvalue weighted by Gasteiger charge is -2.34. The van der Waals surface area contributed by atoms with Gasteiger partial charge in [-0.05, 0) is 33.6 Å². The summed E-state index contributed by atoms with van der Waals surface area (Å²) in [6.07, 6.45) is 3.90. The molecular formula is C16H21N5O. The van der Waals surface area contributed by atoms with Crippen LogP contribution in [0.5, 0.6) is 0 Å². The molecule has 2 aromatic rings. The van der Waals surface area contributed by atoms with E-state index in [4.69, 9.17) is 0 Å². The summed E-state index contributed by atoms with van der Waals surface area (Å²) in [6, 6.07) is 1.62. The molecule has 2 aromatic heterocycles. The number of rotatable bonds is 2. The Bertz CT molecular complexity index is 740. The zero-order valence-electron chi connectivity index (χ0n) is 13.3. The minimum Gasteiger partial charge on any atom is -0.354 e. The first-order valence-electron chi connectivity index (χ1n) is 7.66. The Hall–Kier alpha value is -2.24. The molecule has 3 heterocycles. The van der Waals surface area contributed by atoms with E-state index in [9.17, 15) is 4.79 Å². The van der Waals surface area contributed by atoms with Crippen LogP contribution in [0.3, 0.4) is 0 Å². The van der Waals surface area contributed by atoms with Gasteiger partial charge in [-0.15, -0.1) is 0 Å². The van der Waals surface area contributed by atoms with Gasteiger partial charge in [0.05, 0.1) is 17.1 Å². The van der Waals surface area contributed by atoms with Crippen LogP contribution < -0.4 is 10.5 Å². The Labute approximate surface area is 129 Å². The molecule has 0 amide bonds. The number of anilines is 1. The van der Waals surface area contributed by atoms with Crippen molar-refractivity contribution in [3.8, 4) is 0 Å². The number of hydrogen-bond acceptors (Lipinski definition) is 5. The van der Waals surface area contributed by atoms with Crippen LogP contribution in [0.4, 0.5) is 5.82 Å². The highest BCUT2D eigenvalue weighted by Crippen LogP contribution is 2.28. The van der Waals surface area contributed by atoms with E-state index >= 15 is 0 Å². The molecule has 1 atom stereocenters. The average Bonchev–Trinajstić information content (AvgIpc) is 2.49. The largest absolute Gasteiger partial charge is 0.354 e. The van der Waals surface area contributed by atoms with E-state index in [1.54, 1.807) is 12.3 Å². The summed E-state index contributed by atoms with van der Waals surface area (Å²) < 4.78 is 0. The van der Waals surface area contributed by atoms with Crippen LogP contribution in [0, 0.1) is 20.8 Å². The third-order valence-corrected chi connectivity index (χ3v) is 4.07. The Morgan fingerprint density at radius 2 is 2.09 bits per heavy atom. The SMILES string of the molecule is Cc1cnc(C)c(N2CCC[C@@H](c3cc(=O)[nH]c(C)n3)C2)n1. The predicted molar refractivity (Wildman–Crippen MR) is 85.3 cm³/mol. The Morgan fingerprint density at radius 3 is 2.86 bits per heavy atom. The lowest BCUT2D eigenvalue weighted by atomic mass is 9.94. The van der Waals surface area contributed by atoms with Crippen molar-refractivity contribution in [2.45, 2.75) is 39.5 Å². The summed E-state index contributed by atoms with van der Waals surface area (Å²) in [7, 11) is 0. The Morgan fingerprint density at radius 1 is 1.27 bits per heavy atom. The number of hydrogen-bond donors (Lipinski definition) is 1. The fourth-order valence-corrected chi connectivity index (χ4v) is 3.05. The molecule has 1 aliphatic heterocycles. The van der Waals surface area contributed by atoms with Gasteiger partial charge in [0.2, 0.25) is 0 Å². The van der Waals surface area contributed by atoms with Gasteiger partial charge in [-0.25, -0.2) is 9.97 Å². The van der Waals surface area contributed by atoms with Crippen molar-refractivity contribution < 1.29 is 0 Å². The second-order valence-corrected chi connectivity index (χ2v) is 5.96. The first-order chi connectivity index (χ1) is 10.5. The quantitative estimate of drug-likeness (QED) is 0.916. The van der Waals surface area contributed by atoms with Gasteiger partial charge in [0.1, 0.15) is 11.6 Å². The molecule has 3 rings (SSSR count). The highest BCUT2D eigenvalue weighted by Gasteiger charge is 2.25. The molecule has 1 fully saturated rings. The summed E-state index contributed by atoms with van der Waals surface area (Å²) in [5, 5.41) is 0. The maximum atomic E-state index is 11.7. The van der Waals surface area contributed by atoms with E-state index in [0.717, 1.165) is 48.8 Å². The van der Waals surface area contributed by atoms with Crippen molar-refractivity contribution >= 4 is 5.82 Å². The van der Waals surface area contributed by atoms with E-state index in [1.165, 1.54) is 0 Å². The summed E-state index contributed by atoms with van der Waals surface area (Å²) in [5.74, 6) is 1.88. The van der Waals surface area contributed by atoms with E-state index < -0.39 is 0 Å².